The first-order chi connectivity index (χ1) is 14.6. The van der Waals surface area contributed by atoms with Crippen LogP contribution >= 0.6 is 11.3 Å². The van der Waals surface area contributed by atoms with Gasteiger partial charge in [-0.15, -0.1) is 11.3 Å². The van der Waals surface area contributed by atoms with Gasteiger partial charge in [-0.2, -0.15) is 5.10 Å². The van der Waals surface area contributed by atoms with Crippen molar-refractivity contribution >= 4 is 32.5 Å². The second-order valence-corrected chi connectivity index (χ2v) is 9.02. The molecule has 0 saturated carbocycles. The number of fused-ring (bicyclic) bond motifs is 2. The summed E-state index contributed by atoms with van der Waals surface area (Å²) in [6, 6.07) is 8.44. The summed E-state index contributed by atoms with van der Waals surface area (Å²) in [5.41, 5.74) is 5.60. The van der Waals surface area contributed by atoms with Crippen LogP contribution in [-0.2, 0) is 16.9 Å². The van der Waals surface area contributed by atoms with E-state index in [1.165, 1.54) is 15.6 Å². The molecule has 1 aromatic carbocycles. The van der Waals surface area contributed by atoms with Gasteiger partial charge in [0.2, 0.25) is 0 Å². The number of hydrogen-bond donors (Lipinski definition) is 3. The van der Waals surface area contributed by atoms with E-state index < -0.39 is 5.60 Å². The standard InChI is InChI=1S/C23H28N4O2S/c1-3-23(28,4-2)15-5-6-16-17(14-27-8-10-29-11-9-27)20(24-19(16)13-15)21-22-18(25-26-21)7-12-30-22/h5-7,12-13,24,28H,3-4,8-11,14H2,1-2H3,(H,25,26). The monoisotopic (exact) mass is 424 g/mol. The first-order valence-corrected chi connectivity index (χ1v) is 11.6. The Kier molecular flexibility index (Phi) is 5.14. The minimum atomic E-state index is -0.794. The summed E-state index contributed by atoms with van der Waals surface area (Å²) in [5.74, 6) is 0. The summed E-state index contributed by atoms with van der Waals surface area (Å²) >= 11 is 1.71. The Morgan fingerprint density at radius 3 is 2.73 bits per heavy atom. The van der Waals surface area contributed by atoms with Crippen LogP contribution in [0.3, 0.4) is 0 Å². The summed E-state index contributed by atoms with van der Waals surface area (Å²) in [6.07, 6.45) is 1.39. The third kappa shape index (κ3) is 3.26. The largest absolute Gasteiger partial charge is 0.385 e. The number of ether oxygens (including phenoxy) is 1. The van der Waals surface area contributed by atoms with E-state index in [4.69, 9.17) is 4.74 Å². The molecule has 0 aliphatic carbocycles. The molecule has 3 N–H and O–H groups in total. The Bertz CT molecular complexity index is 1160. The molecule has 0 radical (unpaired) electrons. The molecule has 0 unspecified atom stereocenters. The minimum Gasteiger partial charge on any atom is -0.385 e. The van der Waals surface area contributed by atoms with Crippen LogP contribution in [0.5, 0.6) is 0 Å². The van der Waals surface area contributed by atoms with Crippen LogP contribution in [0.1, 0.15) is 37.8 Å². The fourth-order valence-electron chi connectivity index (χ4n) is 4.47. The number of benzene rings is 1. The van der Waals surface area contributed by atoms with E-state index >= 15 is 0 Å². The average Bonchev–Trinajstić information content (AvgIpc) is 3.48. The molecule has 6 nitrogen and oxygen atoms in total. The number of H-pyrrole nitrogens is 2. The molecular formula is C23H28N4O2S. The fraction of sp³-hybridized carbons (Fsp3) is 0.435. The van der Waals surface area contributed by atoms with Gasteiger partial charge in [0.05, 0.1) is 34.7 Å². The van der Waals surface area contributed by atoms with Crippen LogP contribution in [0.2, 0.25) is 0 Å². The van der Waals surface area contributed by atoms with Crippen molar-refractivity contribution in [2.45, 2.75) is 38.8 Å². The molecule has 4 heterocycles. The molecule has 0 amide bonds. The second-order valence-electron chi connectivity index (χ2n) is 8.10. The first kappa shape index (κ1) is 19.8. The summed E-state index contributed by atoms with van der Waals surface area (Å²) < 4.78 is 6.71. The van der Waals surface area contributed by atoms with Gasteiger partial charge in [-0.1, -0.05) is 26.0 Å². The Morgan fingerprint density at radius 1 is 1.17 bits per heavy atom. The molecule has 1 fully saturated rings. The molecule has 1 aliphatic rings. The highest BCUT2D eigenvalue weighted by molar-refractivity contribution is 7.17. The molecule has 5 rings (SSSR count). The number of thiophene rings is 1. The second kappa shape index (κ2) is 7.81. The van der Waals surface area contributed by atoms with Crippen molar-refractivity contribution in [2.24, 2.45) is 0 Å². The number of aromatic nitrogens is 3. The van der Waals surface area contributed by atoms with E-state index in [2.05, 4.69) is 49.7 Å². The van der Waals surface area contributed by atoms with Crippen LogP contribution in [0.25, 0.3) is 32.5 Å². The quantitative estimate of drug-likeness (QED) is 0.422. The minimum absolute atomic E-state index is 0.693. The number of nitrogens with one attached hydrogen (secondary N) is 2. The van der Waals surface area contributed by atoms with Crippen molar-refractivity contribution < 1.29 is 9.84 Å². The van der Waals surface area contributed by atoms with Gasteiger partial charge in [0, 0.05) is 36.1 Å². The van der Waals surface area contributed by atoms with Crippen molar-refractivity contribution in [3.05, 3.63) is 40.8 Å². The van der Waals surface area contributed by atoms with E-state index in [1.54, 1.807) is 11.3 Å². The van der Waals surface area contributed by atoms with Crippen molar-refractivity contribution in [3.8, 4) is 11.4 Å². The topological polar surface area (TPSA) is 77.2 Å². The van der Waals surface area contributed by atoms with Crippen LogP contribution in [0, 0.1) is 0 Å². The molecular weight excluding hydrogens is 396 g/mol. The fourth-order valence-corrected chi connectivity index (χ4v) is 5.31. The Labute approximate surface area is 179 Å². The number of hydrogen-bond acceptors (Lipinski definition) is 5. The number of aliphatic hydroxyl groups is 1. The van der Waals surface area contributed by atoms with Crippen molar-refractivity contribution in [1.29, 1.82) is 0 Å². The lowest BCUT2D eigenvalue weighted by atomic mass is 9.88. The molecule has 158 valence electrons. The summed E-state index contributed by atoms with van der Waals surface area (Å²) in [4.78, 5) is 6.09. The summed E-state index contributed by atoms with van der Waals surface area (Å²) in [6.45, 7) is 8.35. The van der Waals surface area contributed by atoms with Crippen molar-refractivity contribution in [1.82, 2.24) is 20.1 Å². The van der Waals surface area contributed by atoms with Gasteiger partial charge < -0.3 is 14.8 Å². The molecule has 1 saturated heterocycles. The predicted molar refractivity (Wildman–Crippen MR) is 122 cm³/mol. The van der Waals surface area contributed by atoms with Gasteiger partial charge in [-0.05, 0) is 35.9 Å². The van der Waals surface area contributed by atoms with Gasteiger partial charge >= 0.3 is 0 Å². The van der Waals surface area contributed by atoms with Crippen molar-refractivity contribution in [3.63, 3.8) is 0 Å². The van der Waals surface area contributed by atoms with Gasteiger partial charge in [-0.3, -0.25) is 10.00 Å². The molecule has 4 aromatic rings. The molecule has 0 atom stereocenters. The number of aromatic amines is 2. The zero-order valence-electron chi connectivity index (χ0n) is 17.5. The zero-order chi connectivity index (χ0) is 20.7. The Balaban J connectivity index is 1.66. The van der Waals surface area contributed by atoms with E-state index in [1.807, 2.05) is 13.8 Å². The summed E-state index contributed by atoms with van der Waals surface area (Å²) in [5, 5.41) is 22.1. The number of rotatable bonds is 6. The van der Waals surface area contributed by atoms with Gasteiger partial charge in [-0.25, -0.2) is 0 Å². The maximum absolute atomic E-state index is 11.0. The SMILES string of the molecule is CCC(O)(CC)c1ccc2c(CN3CCOCC3)c(-c3n[nH]c4ccsc34)[nH]c2c1. The highest BCUT2D eigenvalue weighted by Gasteiger charge is 2.27. The normalized spacial score (nSPS) is 16.1. The molecule has 7 heteroatoms. The molecule has 30 heavy (non-hydrogen) atoms. The maximum Gasteiger partial charge on any atom is 0.126 e. The lowest BCUT2D eigenvalue weighted by molar-refractivity contribution is 0.0285. The highest BCUT2D eigenvalue weighted by Crippen LogP contribution is 2.38. The number of morpholine rings is 1. The maximum atomic E-state index is 11.0. The van der Waals surface area contributed by atoms with Crippen LogP contribution in [-0.4, -0.2) is 51.5 Å². The third-order valence-electron chi connectivity index (χ3n) is 6.50. The average molecular weight is 425 g/mol. The van der Waals surface area contributed by atoms with E-state index in [0.29, 0.717) is 12.8 Å². The molecule has 3 aromatic heterocycles. The van der Waals surface area contributed by atoms with Gasteiger partial charge in [0.1, 0.15) is 5.69 Å². The van der Waals surface area contributed by atoms with E-state index in [9.17, 15) is 5.11 Å². The van der Waals surface area contributed by atoms with Crippen LogP contribution in [0.15, 0.2) is 29.6 Å². The van der Waals surface area contributed by atoms with Crippen molar-refractivity contribution in [2.75, 3.05) is 26.3 Å². The van der Waals surface area contributed by atoms with E-state index in [0.717, 1.165) is 60.8 Å². The highest BCUT2D eigenvalue weighted by atomic mass is 32.1. The molecule has 0 bridgehead atoms. The Hall–Kier alpha value is -2.19. The summed E-state index contributed by atoms with van der Waals surface area (Å²) in [7, 11) is 0. The molecule has 1 aliphatic heterocycles. The lowest BCUT2D eigenvalue weighted by Crippen LogP contribution is -2.35. The predicted octanol–water partition coefficient (Wildman–Crippen LogP) is 4.61. The lowest BCUT2D eigenvalue weighted by Gasteiger charge is -2.27. The number of nitrogens with zero attached hydrogens (tertiary/aromatic N) is 2. The van der Waals surface area contributed by atoms with Crippen LogP contribution < -0.4 is 0 Å². The third-order valence-corrected chi connectivity index (χ3v) is 7.43. The van der Waals surface area contributed by atoms with Gasteiger partial charge in [0.25, 0.3) is 0 Å². The smallest absolute Gasteiger partial charge is 0.126 e. The van der Waals surface area contributed by atoms with Crippen LogP contribution in [0.4, 0.5) is 0 Å². The van der Waals surface area contributed by atoms with Gasteiger partial charge in [0.15, 0.2) is 0 Å². The zero-order valence-corrected chi connectivity index (χ0v) is 18.3. The molecule has 0 spiro atoms. The Morgan fingerprint density at radius 2 is 1.97 bits per heavy atom. The first-order valence-electron chi connectivity index (χ1n) is 10.7. The van der Waals surface area contributed by atoms with E-state index in [-0.39, 0.29) is 0 Å².